The second-order valence-corrected chi connectivity index (χ2v) is 6.12. The van der Waals surface area contributed by atoms with E-state index < -0.39 is 47.2 Å². The van der Waals surface area contributed by atoms with Crippen LogP contribution in [0.5, 0.6) is 5.75 Å². The maximum atomic E-state index is 13.4. The maximum absolute atomic E-state index is 13.4. The third-order valence-corrected chi connectivity index (χ3v) is 3.85. The molecular formula is C19H25F5O4. The molecule has 0 aromatic heterocycles. The first-order chi connectivity index (χ1) is 13.4. The predicted molar refractivity (Wildman–Crippen MR) is 91.5 cm³/mol. The average molecular weight is 412 g/mol. The van der Waals surface area contributed by atoms with Crippen molar-refractivity contribution in [3.63, 3.8) is 0 Å². The third-order valence-electron chi connectivity index (χ3n) is 3.85. The van der Waals surface area contributed by atoms with Crippen LogP contribution < -0.4 is 4.74 Å². The van der Waals surface area contributed by atoms with Gasteiger partial charge in [-0.25, -0.2) is 13.2 Å². The number of hydrogen-bond acceptors (Lipinski definition) is 4. The Morgan fingerprint density at radius 1 is 0.679 bits per heavy atom. The molecule has 160 valence electrons. The fourth-order valence-corrected chi connectivity index (χ4v) is 2.30. The van der Waals surface area contributed by atoms with Crippen LogP contribution in [0.3, 0.4) is 0 Å². The lowest BCUT2D eigenvalue weighted by molar-refractivity contribution is -0.136. The van der Waals surface area contributed by atoms with Gasteiger partial charge in [-0.2, -0.15) is 8.78 Å². The molecule has 1 rings (SSSR count). The number of unbranched alkanes of at least 4 members (excludes halogenated alkanes) is 5. The fourth-order valence-electron chi connectivity index (χ4n) is 2.30. The van der Waals surface area contributed by atoms with Crippen molar-refractivity contribution < 1.29 is 41.0 Å². The fraction of sp³-hybridized carbons (Fsp3) is 0.632. The molecular weight excluding hydrogens is 387 g/mol. The van der Waals surface area contributed by atoms with E-state index in [1.54, 1.807) is 0 Å². The van der Waals surface area contributed by atoms with Gasteiger partial charge in [0, 0.05) is 6.61 Å². The zero-order valence-electron chi connectivity index (χ0n) is 15.8. The van der Waals surface area contributed by atoms with Crippen LogP contribution in [0, 0.1) is 29.1 Å². The van der Waals surface area contributed by atoms with Crippen LogP contribution in [-0.4, -0.2) is 32.4 Å². The van der Waals surface area contributed by atoms with Gasteiger partial charge in [-0.05, 0) is 6.42 Å². The lowest BCUT2D eigenvalue weighted by Crippen LogP contribution is -2.16. The Hall–Kier alpha value is -1.74. The summed E-state index contributed by atoms with van der Waals surface area (Å²) in [6.45, 7) is 3.14. The largest absolute Gasteiger partial charge is 0.420 e. The summed E-state index contributed by atoms with van der Waals surface area (Å²) < 4.78 is 80.4. The topological polar surface area (TPSA) is 44.8 Å². The lowest BCUT2D eigenvalue weighted by atomic mass is 10.1. The standard InChI is InChI=1S/C19H25F5O4/c1-2-3-4-5-6-7-9-26-11-12-27-10-8-13(25)28-19-17(23)15(21)14(20)16(22)18(19)24/h2-12H2,1H3. The highest BCUT2D eigenvalue weighted by Crippen LogP contribution is 2.29. The Bertz CT molecular complexity index is 596. The monoisotopic (exact) mass is 412 g/mol. The van der Waals surface area contributed by atoms with E-state index in [0.717, 1.165) is 12.8 Å². The number of rotatable bonds is 14. The number of ether oxygens (including phenoxy) is 3. The Morgan fingerprint density at radius 2 is 1.18 bits per heavy atom. The van der Waals surface area contributed by atoms with E-state index in [4.69, 9.17) is 9.47 Å². The normalized spacial score (nSPS) is 11.1. The highest BCUT2D eigenvalue weighted by molar-refractivity contribution is 5.72. The van der Waals surface area contributed by atoms with E-state index in [2.05, 4.69) is 11.7 Å². The van der Waals surface area contributed by atoms with E-state index in [1.165, 1.54) is 25.7 Å². The Kier molecular flexibility index (Phi) is 11.7. The van der Waals surface area contributed by atoms with Gasteiger partial charge < -0.3 is 14.2 Å². The quantitative estimate of drug-likeness (QED) is 0.107. The average Bonchev–Trinajstić information content (AvgIpc) is 2.69. The van der Waals surface area contributed by atoms with Crippen LogP contribution in [0.2, 0.25) is 0 Å². The molecule has 0 aliphatic rings. The molecule has 1 aromatic rings. The molecule has 0 N–H and O–H groups in total. The minimum absolute atomic E-state index is 0.144. The molecule has 28 heavy (non-hydrogen) atoms. The summed E-state index contributed by atoms with van der Waals surface area (Å²) in [5.41, 5.74) is 0. The van der Waals surface area contributed by atoms with Crippen LogP contribution in [0.1, 0.15) is 51.9 Å². The van der Waals surface area contributed by atoms with Gasteiger partial charge in [-0.1, -0.05) is 39.0 Å². The third kappa shape index (κ3) is 8.10. The first-order valence-electron chi connectivity index (χ1n) is 9.27. The molecule has 0 radical (unpaired) electrons. The molecule has 0 atom stereocenters. The lowest BCUT2D eigenvalue weighted by Gasteiger charge is -2.09. The van der Waals surface area contributed by atoms with Gasteiger partial charge in [0.05, 0.1) is 26.2 Å². The van der Waals surface area contributed by atoms with Crippen molar-refractivity contribution in [3.05, 3.63) is 29.1 Å². The van der Waals surface area contributed by atoms with Crippen molar-refractivity contribution >= 4 is 5.97 Å². The van der Waals surface area contributed by atoms with Crippen molar-refractivity contribution in [3.8, 4) is 5.75 Å². The van der Waals surface area contributed by atoms with E-state index in [9.17, 15) is 26.7 Å². The molecule has 4 nitrogen and oxygen atoms in total. The highest BCUT2D eigenvalue weighted by Gasteiger charge is 2.28. The number of benzene rings is 1. The Balaban J connectivity index is 2.17. The van der Waals surface area contributed by atoms with Crippen molar-refractivity contribution in [2.24, 2.45) is 0 Å². The van der Waals surface area contributed by atoms with Gasteiger partial charge in [-0.3, -0.25) is 4.79 Å². The zero-order valence-corrected chi connectivity index (χ0v) is 15.8. The molecule has 0 aliphatic carbocycles. The van der Waals surface area contributed by atoms with E-state index in [-0.39, 0.29) is 13.2 Å². The predicted octanol–water partition coefficient (Wildman–Crippen LogP) is 5.07. The highest BCUT2D eigenvalue weighted by atomic mass is 19.2. The van der Waals surface area contributed by atoms with Crippen LogP contribution in [0.15, 0.2) is 0 Å². The first kappa shape index (κ1) is 24.3. The van der Waals surface area contributed by atoms with Crippen molar-refractivity contribution in [1.29, 1.82) is 0 Å². The number of carbonyl (C=O) groups is 1. The number of carbonyl (C=O) groups excluding carboxylic acids is 1. The minimum Gasteiger partial charge on any atom is -0.420 e. The molecule has 1 aromatic carbocycles. The second kappa shape index (κ2) is 13.4. The molecule has 0 saturated carbocycles. The molecule has 0 unspecified atom stereocenters. The number of hydrogen-bond donors (Lipinski definition) is 0. The Labute approximate surface area is 161 Å². The summed E-state index contributed by atoms with van der Waals surface area (Å²) >= 11 is 0. The van der Waals surface area contributed by atoms with Crippen LogP contribution in [0.25, 0.3) is 0 Å². The maximum Gasteiger partial charge on any atom is 0.313 e. The summed E-state index contributed by atoms with van der Waals surface area (Å²) in [4.78, 5) is 11.5. The molecule has 0 heterocycles. The molecule has 0 fully saturated rings. The summed E-state index contributed by atoms with van der Waals surface area (Å²) in [6, 6.07) is 0. The molecule has 9 heteroatoms. The minimum atomic E-state index is -2.32. The smallest absolute Gasteiger partial charge is 0.313 e. The van der Waals surface area contributed by atoms with E-state index in [0.29, 0.717) is 13.2 Å². The van der Waals surface area contributed by atoms with Crippen molar-refractivity contribution in [2.75, 3.05) is 26.4 Å². The van der Waals surface area contributed by atoms with Gasteiger partial charge >= 0.3 is 5.97 Å². The number of halogens is 5. The zero-order chi connectivity index (χ0) is 20.9. The molecule has 0 spiro atoms. The Morgan fingerprint density at radius 3 is 1.79 bits per heavy atom. The first-order valence-corrected chi connectivity index (χ1v) is 9.27. The van der Waals surface area contributed by atoms with Gasteiger partial charge in [0.2, 0.25) is 34.8 Å². The van der Waals surface area contributed by atoms with Gasteiger partial charge in [0.1, 0.15) is 0 Å². The van der Waals surface area contributed by atoms with Crippen LogP contribution >= 0.6 is 0 Å². The van der Waals surface area contributed by atoms with Crippen LogP contribution in [-0.2, 0) is 14.3 Å². The van der Waals surface area contributed by atoms with Crippen LogP contribution in [0.4, 0.5) is 22.0 Å². The summed E-state index contributed by atoms with van der Waals surface area (Å²) in [6.07, 6.45) is 6.48. The van der Waals surface area contributed by atoms with E-state index in [1.807, 2.05) is 0 Å². The summed E-state index contributed by atoms with van der Waals surface area (Å²) in [7, 11) is 0. The molecule has 0 amide bonds. The molecule has 0 aliphatic heterocycles. The summed E-state index contributed by atoms with van der Waals surface area (Å²) in [5, 5.41) is 0. The molecule has 0 bridgehead atoms. The van der Waals surface area contributed by atoms with Gasteiger partial charge in [-0.15, -0.1) is 0 Å². The number of esters is 1. The van der Waals surface area contributed by atoms with Gasteiger partial charge in [0.25, 0.3) is 0 Å². The van der Waals surface area contributed by atoms with Gasteiger partial charge in [0.15, 0.2) is 0 Å². The second-order valence-electron chi connectivity index (χ2n) is 6.12. The summed E-state index contributed by atoms with van der Waals surface area (Å²) in [5.74, 6) is -13.9. The SMILES string of the molecule is CCCCCCCCOCCOCCC(=O)Oc1c(F)c(F)c(F)c(F)c1F. The van der Waals surface area contributed by atoms with Crippen molar-refractivity contribution in [1.82, 2.24) is 0 Å². The molecule has 0 saturated heterocycles. The van der Waals surface area contributed by atoms with Crippen molar-refractivity contribution in [2.45, 2.75) is 51.9 Å². The van der Waals surface area contributed by atoms with E-state index >= 15 is 0 Å².